The molecule has 1 fully saturated rings. The van der Waals surface area contributed by atoms with Gasteiger partial charge in [0.2, 0.25) is 0 Å². The molecule has 0 amide bonds. The highest BCUT2D eigenvalue weighted by Gasteiger charge is 2.34. The van der Waals surface area contributed by atoms with Crippen LogP contribution in [0.25, 0.3) is 11.3 Å². The molecule has 3 nitrogen and oxygen atoms in total. The summed E-state index contributed by atoms with van der Waals surface area (Å²) in [4.78, 5) is 12.0. The molecule has 0 N–H and O–H groups in total. The molecule has 1 aromatic carbocycles. The van der Waals surface area contributed by atoms with Gasteiger partial charge in [-0.15, -0.1) is 0 Å². The number of ketones is 1. The molecule has 1 aliphatic carbocycles. The Balaban J connectivity index is 1.93. The molecule has 0 saturated heterocycles. The number of benzene rings is 1. The molecule has 0 bridgehead atoms. The molecular weight excluding hydrogens is 271 g/mol. The fourth-order valence-corrected chi connectivity index (χ4v) is 2.00. The van der Waals surface area contributed by atoms with E-state index in [1.807, 2.05) is 0 Å². The highest BCUT2D eigenvalue weighted by Crippen LogP contribution is 2.36. The Morgan fingerprint density at radius 1 is 1.20 bits per heavy atom. The van der Waals surface area contributed by atoms with Gasteiger partial charge in [-0.3, -0.25) is 4.79 Å². The zero-order valence-electron chi connectivity index (χ0n) is 10.3. The van der Waals surface area contributed by atoms with Crippen LogP contribution in [0.3, 0.4) is 0 Å². The minimum Gasteiger partial charge on any atom is -0.356 e. The number of carbonyl (C=O) groups is 1. The smallest absolute Gasteiger partial charge is 0.356 e. The maximum Gasteiger partial charge on any atom is 0.416 e. The zero-order chi connectivity index (χ0) is 14.3. The molecular formula is C14H10F3NO2. The number of alkyl halides is 3. The summed E-state index contributed by atoms with van der Waals surface area (Å²) in [6.45, 7) is 0. The van der Waals surface area contributed by atoms with Crippen LogP contribution in [0.5, 0.6) is 0 Å². The van der Waals surface area contributed by atoms with Gasteiger partial charge in [0.25, 0.3) is 0 Å². The molecule has 104 valence electrons. The summed E-state index contributed by atoms with van der Waals surface area (Å²) in [5.41, 5.74) is 0.0163. The van der Waals surface area contributed by atoms with Crippen molar-refractivity contribution in [3.05, 3.63) is 41.6 Å². The standard InChI is InChI=1S/C14H10F3NO2/c15-14(16,17)10-5-3-9(4-6-10)13-11(7-18-20-13)12(19)8-1-2-8/h3-8H,1-2H2. The predicted molar refractivity (Wildman–Crippen MR) is 64.0 cm³/mol. The first-order valence-electron chi connectivity index (χ1n) is 6.13. The van der Waals surface area contributed by atoms with Crippen molar-refractivity contribution in [1.82, 2.24) is 5.16 Å². The fourth-order valence-electron chi connectivity index (χ4n) is 2.00. The molecule has 1 aromatic heterocycles. The lowest BCUT2D eigenvalue weighted by Crippen LogP contribution is -2.04. The molecule has 1 saturated carbocycles. The van der Waals surface area contributed by atoms with Crippen molar-refractivity contribution < 1.29 is 22.5 Å². The second-order valence-electron chi connectivity index (χ2n) is 4.78. The second kappa shape index (κ2) is 4.47. The van der Waals surface area contributed by atoms with Gasteiger partial charge < -0.3 is 4.52 Å². The molecule has 1 aliphatic rings. The fraction of sp³-hybridized carbons (Fsp3) is 0.286. The van der Waals surface area contributed by atoms with E-state index >= 15 is 0 Å². The van der Waals surface area contributed by atoms with E-state index in [2.05, 4.69) is 5.16 Å². The monoisotopic (exact) mass is 281 g/mol. The molecule has 1 heterocycles. The van der Waals surface area contributed by atoms with Gasteiger partial charge in [0, 0.05) is 11.5 Å². The van der Waals surface area contributed by atoms with Gasteiger partial charge in [-0.2, -0.15) is 13.2 Å². The first kappa shape index (κ1) is 12.9. The third-order valence-corrected chi connectivity index (χ3v) is 3.26. The van der Waals surface area contributed by atoms with E-state index in [1.54, 1.807) is 0 Å². The third-order valence-electron chi connectivity index (χ3n) is 3.26. The summed E-state index contributed by atoms with van der Waals surface area (Å²) in [7, 11) is 0. The summed E-state index contributed by atoms with van der Waals surface area (Å²) in [5, 5.41) is 3.58. The number of Topliss-reactive ketones (excluding diaryl/α,β-unsaturated/α-hetero) is 1. The SMILES string of the molecule is O=C(c1cnoc1-c1ccc(C(F)(F)F)cc1)C1CC1. The molecule has 20 heavy (non-hydrogen) atoms. The lowest BCUT2D eigenvalue weighted by atomic mass is 10.0. The topological polar surface area (TPSA) is 43.1 Å². The molecule has 0 unspecified atom stereocenters. The Kier molecular flexibility index (Phi) is 2.88. The van der Waals surface area contributed by atoms with Crippen LogP contribution in [0.15, 0.2) is 35.0 Å². The van der Waals surface area contributed by atoms with Crippen LogP contribution in [0, 0.1) is 5.92 Å². The number of hydrogen-bond donors (Lipinski definition) is 0. The summed E-state index contributed by atoms with van der Waals surface area (Å²) in [5.74, 6) is 0.180. The maximum absolute atomic E-state index is 12.5. The normalized spacial score (nSPS) is 15.3. The van der Waals surface area contributed by atoms with Crippen LogP contribution < -0.4 is 0 Å². The number of aromatic nitrogens is 1. The van der Waals surface area contributed by atoms with Crippen molar-refractivity contribution in [1.29, 1.82) is 0 Å². The quantitative estimate of drug-likeness (QED) is 0.800. The van der Waals surface area contributed by atoms with E-state index < -0.39 is 11.7 Å². The van der Waals surface area contributed by atoms with E-state index in [0.29, 0.717) is 11.1 Å². The predicted octanol–water partition coefficient (Wildman–Crippen LogP) is 3.95. The van der Waals surface area contributed by atoms with Gasteiger partial charge >= 0.3 is 6.18 Å². The number of carbonyl (C=O) groups excluding carboxylic acids is 1. The van der Waals surface area contributed by atoms with E-state index in [4.69, 9.17) is 4.52 Å². The Bertz CT molecular complexity index is 639. The number of rotatable bonds is 3. The molecule has 6 heteroatoms. The van der Waals surface area contributed by atoms with E-state index in [1.165, 1.54) is 18.3 Å². The summed E-state index contributed by atoms with van der Waals surface area (Å²) in [6.07, 6.45) is -1.37. The van der Waals surface area contributed by atoms with Gasteiger partial charge in [0.1, 0.15) is 0 Å². The maximum atomic E-state index is 12.5. The summed E-state index contributed by atoms with van der Waals surface area (Å²) in [6, 6.07) is 4.49. The van der Waals surface area contributed by atoms with Crippen molar-refractivity contribution in [3.63, 3.8) is 0 Å². The number of nitrogens with zero attached hydrogens (tertiary/aromatic N) is 1. The molecule has 0 atom stereocenters. The Morgan fingerprint density at radius 3 is 2.40 bits per heavy atom. The van der Waals surface area contributed by atoms with Crippen LogP contribution in [0.4, 0.5) is 13.2 Å². The van der Waals surface area contributed by atoms with Crippen molar-refractivity contribution >= 4 is 5.78 Å². The zero-order valence-corrected chi connectivity index (χ0v) is 10.3. The highest BCUT2D eigenvalue weighted by molar-refractivity contribution is 6.03. The van der Waals surface area contributed by atoms with Crippen molar-refractivity contribution in [2.45, 2.75) is 19.0 Å². The molecule has 3 rings (SSSR count). The first-order valence-corrected chi connectivity index (χ1v) is 6.13. The van der Waals surface area contributed by atoms with Crippen LogP contribution in [0.2, 0.25) is 0 Å². The summed E-state index contributed by atoms with van der Waals surface area (Å²) < 4.78 is 42.5. The molecule has 2 aromatic rings. The highest BCUT2D eigenvalue weighted by atomic mass is 19.4. The average molecular weight is 281 g/mol. The molecule has 0 spiro atoms. The Labute approximate surface area is 112 Å². The minimum atomic E-state index is -4.38. The lowest BCUT2D eigenvalue weighted by molar-refractivity contribution is -0.137. The van der Waals surface area contributed by atoms with Gasteiger partial charge in [-0.25, -0.2) is 0 Å². The van der Waals surface area contributed by atoms with Gasteiger partial charge in [0.15, 0.2) is 11.5 Å². The van der Waals surface area contributed by atoms with E-state index in [0.717, 1.165) is 25.0 Å². The van der Waals surface area contributed by atoms with Crippen LogP contribution in [0.1, 0.15) is 28.8 Å². The number of hydrogen-bond acceptors (Lipinski definition) is 3. The molecule has 0 aliphatic heterocycles. The number of halogens is 3. The van der Waals surface area contributed by atoms with Crippen molar-refractivity contribution in [3.8, 4) is 11.3 Å². The first-order chi connectivity index (χ1) is 9.47. The third kappa shape index (κ3) is 2.33. The van der Waals surface area contributed by atoms with Gasteiger partial charge in [-0.05, 0) is 25.0 Å². The molecule has 0 radical (unpaired) electrons. The van der Waals surface area contributed by atoms with Crippen molar-refractivity contribution in [2.75, 3.05) is 0 Å². The summed E-state index contributed by atoms with van der Waals surface area (Å²) >= 11 is 0. The Morgan fingerprint density at radius 2 is 1.85 bits per heavy atom. The lowest BCUT2D eigenvalue weighted by Gasteiger charge is -2.06. The largest absolute Gasteiger partial charge is 0.416 e. The van der Waals surface area contributed by atoms with E-state index in [9.17, 15) is 18.0 Å². The minimum absolute atomic E-state index is 0.00241. The van der Waals surface area contributed by atoms with Gasteiger partial charge in [0.05, 0.1) is 17.3 Å². The second-order valence-corrected chi connectivity index (χ2v) is 4.78. The van der Waals surface area contributed by atoms with E-state index in [-0.39, 0.29) is 17.5 Å². The van der Waals surface area contributed by atoms with Gasteiger partial charge in [-0.1, -0.05) is 17.3 Å². The van der Waals surface area contributed by atoms with Crippen LogP contribution in [-0.4, -0.2) is 10.9 Å². The Hall–Kier alpha value is -2.11. The van der Waals surface area contributed by atoms with Crippen LogP contribution in [-0.2, 0) is 6.18 Å². The van der Waals surface area contributed by atoms with Crippen molar-refractivity contribution in [2.24, 2.45) is 5.92 Å². The average Bonchev–Trinajstić information content (AvgIpc) is 3.14. The van der Waals surface area contributed by atoms with Crippen LogP contribution >= 0.6 is 0 Å².